The van der Waals surface area contributed by atoms with Gasteiger partial charge < -0.3 is 14.7 Å². The Labute approximate surface area is 142 Å². The summed E-state index contributed by atoms with van der Waals surface area (Å²) < 4.78 is 5.42. The Morgan fingerprint density at radius 1 is 1.24 bits per heavy atom. The van der Waals surface area contributed by atoms with E-state index in [-0.39, 0.29) is 22.4 Å². The molecule has 0 aliphatic carbocycles. The van der Waals surface area contributed by atoms with E-state index in [9.17, 15) is 14.4 Å². The molecule has 0 aliphatic heterocycles. The summed E-state index contributed by atoms with van der Waals surface area (Å²) in [5, 5.41) is 2.92. The Hall–Kier alpha value is -3.48. The monoisotopic (exact) mass is 337 g/mol. The Balaban J connectivity index is 1.85. The van der Waals surface area contributed by atoms with Crippen molar-refractivity contribution in [2.24, 2.45) is 0 Å². The van der Waals surface area contributed by atoms with Gasteiger partial charge in [0.25, 0.3) is 5.56 Å². The molecule has 0 fully saturated rings. The van der Waals surface area contributed by atoms with Crippen LogP contribution in [0.25, 0.3) is 17.0 Å². The number of amides is 1. The van der Waals surface area contributed by atoms with Crippen molar-refractivity contribution in [1.82, 2.24) is 9.97 Å². The molecular weight excluding hydrogens is 322 g/mol. The van der Waals surface area contributed by atoms with Gasteiger partial charge in [0.2, 0.25) is 5.91 Å². The van der Waals surface area contributed by atoms with Crippen LogP contribution < -0.4 is 16.3 Å². The predicted octanol–water partition coefficient (Wildman–Crippen LogP) is 2.15. The van der Waals surface area contributed by atoms with Crippen molar-refractivity contribution >= 4 is 28.8 Å². The van der Waals surface area contributed by atoms with E-state index in [1.807, 2.05) is 13.0 Å². The number of nitrogens with zero attached hydrogens (tertiary/aromatic N) is 1. The topological polar surface area (TPSA) is 105 Å². The van der Waals surface area contributed by atoms with Crippen LogP contribution in [-0.2, 0) is 4.79 Å². The normalized spacial score (nSPS) is 11.1. The van der Waals surface area contributed by atoms with Crippen LogP contribution >= 0.6 is 0 Å². The van der Waals surface area contributed by atoms with Crippen molar-refractivity contribution in [2.75, 3.05) is 5.32 Å². The lowest BCUT2D eigenvalue weighted by Crippen LogP contribution is -2.15. The van der Waals surface area contributed by atoms with E-state index in [4.69, 9.17) is 4.42 Å². The standard InChI is InChI=1S/C18H15N3O4/c1-10-3-5-14-13(7-10)18(24)12(9-25-14)4-6-16(22)21-15-8-17(23)20-11(2)19-15/h3-9H,1-2H3,(H2,19,20,21,22,23)/b6-4+. The number of rotatable bonds is 3. The molecule has 2 N–H and O–H groups in total. The van der Waals surface area contributed by atoms with Crippen molar-refractivity contribution < 1.29 is 9.21 Å². The van der Waals surface area contributed by atoms with Gasteiger partial charge in [-0.25, -0.2) is 4.98 Å². The highest BCUT2D eigenvalue weighted by molar-refractivity contribution is 6.01. The number of aryl methyl sites for hydroxylation is 2. The van der Waals surface area contributed by atoms with Crippen LogP contribution in [-0.4, -0.2) is 15.9 Å². The summed E-state index contributed by atoms with van der Waals surface area (Å²) in [6.45, 7) is 3.49. The third-order valence-corrected chi connectivity index (χ3v) is 3.48. The third kappa shape index (κ3) is 3.72. The number of carbonyl (C=O) groups is 1. The molecule has 25 heavy (non-hydrogen) atoms. The maximum atomic E-state index is 12.4. The molecule has 3 aromatic rings. The van der Waals surface area contributed by atoms with E-state index in [1.165, 1.54) is 24.5 Å². The molecule has 2 aromatic heterocycles. The first-order chi connectivity index (χ1) is 11.9. The van der Waals surface area contributed by atoms with Gasteiger partial charge in [0, 0.05) is 12.1 Å². The number of nitrogens with one attached hydrogen (secondary N) is 2. The number of carbonyl (C=O) groups excluding carboxylic acids is 1. The highest BCUT2D eigenvalue weighted by Crippen LogP contribution is 2.13. The third-order valence-electron chi connectivity index (χ3n) is 3.48. The number of benzene rings is 1. The number of aromatic amines is 1. The summed E-state index contributed by atoms with van der Waals surface area (Å²) in [5.41, 5.74) is 1.09. The molecule has 0 bridgehead atoms. The van der Waals surface area contributed by atoms with Gasteiger partial charge in [-0.15, -0.1) is 0 Å². The van der Waals surface area contributed by atoms with E-state index >= 15 is 0 Å². The zero-order chi connectivity index (χ0) is 18.0. The number of hydrogen-bond acceptors (Lipinski definition) is 5. The predicted molar refractivity (Wildman–Crippen MR) is 94.5 cm³/mol. The number of H-pyrrole nitrogens is 1. The molecular formula is C18H15N3O4. The van der Waals surface area contributed by atoms with Crippen LogP contribution in [0.4, 0.5) is 5.82 Å². The minimum absolute atomic E-state index is 0.136. The summed E-state index contributed by atoms with van der Waals surface area (Å²) >= 11 is 0. The van der Waals surface area contributed by atoms with Crippen molar-refractivity contribution in [3.05, 3.63) is 74.1 Å². The van der Waals surface area contributed by atoms with Crippen LogP contribution in [0.1, 0.15) is 17.0 Å². The van der Waals surface area contributed by atoms with Crippen LogP contribution in [0, 0.1) is 13.8 Å². The molecule has 7 nitrogen and oxygen atoms in total. The molecule has 2 heterocycles. The fraction of sp³-hybridized carbons (Fsp3) is 0.111. The largest absolute Gasteiger partial charge is 0.463 e. The minimum atomic E-state index is -0.513. The Bertz CT molecular complexity index is 1110. The second-order valence-corrected chi connectivity index (χ2v) is 5.56. The van der Waals surface area contributed by atoms with Gasteiger partial charge >= 0.3 is 0 Å². The van der Waals surface area contributed by atoms with Gasteiger partial charge in [0.1, 0.15) is 23.5 Å². The van der Waals surface area contributed by atoms with Crippen molar-refractivity contribution in [1.29, 1.82) is 0 Å². The summed E-state index contributed by atoms with van der Waals surface area (Å²) in [4.78, 5) is 42.2. The average Bonchev–Trinajstić information content (AvgIpc) is 2.54. The number of anilines is 1. The first-order valence-electron chi connectivity index (χ1n) is 7.51. The molecule has 1 aromatic carbocycles. The Morgan fingerprint density at radius 3 is 2.80 bits per heavy atom. The van der Waals surface area contributed by atoms with Crippen molar-refractivity contribution in [2.45, 2.75) is 13.8 Å². The van der Waals surface area contributed by atoms with Crippen molar-refractivity contribution in [3.63, 3.8) is 0 Å². The van der Waals surface area contributed by atoms with Gasteiger partial charge in [-0.2, -0.15) is 0 Å². The van der Waals surface area contributed by atoms with E-state index in [0.29, 0.717) is 16.8 Å². The summed E-state index contributed by atoms with van der Waals surface area (Å²) in [6, 6.07) is 6.49. The van der Waals surface area contributed by atoms with Gasteiger partial charge in [-0.05, 0) is 32.1 Å². The van der Waals surface area contributed by atoms with Gasteiger partial charge in [-0.1, -0.05) is 11.6 Å². The zero-order valence-corrected chi connectivity index (χ0v) is 13.6. The van der Waals surface area contributed by atoms with E-state index < -0.39 is 5.91 Å². The van der Waals surface area contributed by atoms with Gasteiger partial charge in [0.05, 0.1) is 10.9 Å². The van der Waals surface area contributed by atoms with Crippen LogP contribution in [0.5, 0.6) is 0 Å². The minimum Gasteiger partial charge on any atom is -0.463 e. The zero-order valence-electron chi connectivity index (χ0n) is 13.6. The van der Waals surface area contributed by atoms with Crippen LogP contribution in [0.3, 0.4) is 0 Å². The summed E-state index contributed by atoms with van der Waals surface area (Å²) in [6.07, 6.45) is 3.86. The fourth-order valence-electron chi connectivity index (χ4n) is 2.35. The second-order valence-electron chi connectivity index (χ2n) is 5.56. The first-order valence-corrected chi connectivity index (χ1v) is 7.51. The lowest BCUT2D eigenvalue weighted by Gasteiger charge is -2.02. The van der Waals surface area contributed by atoms with E-state index in [0.717, 1.165) is 5.56 Å². The van der Waals surface area contributed by atoms with E-state index in [1.54, 1.807) is 19.1 Å². The molecule has 0 spiro atoms. The lowest BCUT2D eigenvalue weighted by molar-refractivity contribution is -0.111. The molecule has 3 rings (SSSR count). The maximum absolute atomic E-state index is 12.4. The molecule has 0 atom stereocenters. The molecule has 0 aliphatic rings. The van der Waals surface area contributed by atoms with Crippen LogP contribution in [0.15, 0.2) is 50.6 Å². The van der Waals surface area contributed by atoms with Gasteiger partial charge in [0.15, 0.2) is 5.43 Å². The number of aromatic nitrogens is 2. The average molecular weight is 337 g/mol. The fourth-order valence-corrected chi connectivity index (χ4v) is 2.35. The van der Waals surface area contributed by atoms with Gasteiger partial charge in [-0.3, -0.25) is 14.4 Å². The highest BCUT2D eigenvalue weighted by atomic mass is 16.3. The smallest absolute Gasteiger partial charge is 0.252 e. The molecule has 0 saturated carbocycles. The molecule has 7 heteroatoms. The lowest BCUT2D eigenvalue weighted by atomic mass is 10.1. The molecule has 126 valence electrons. The molecule has 1 amide bonds. The van der Waals surface area contributed by atoms with Crippen molar-refractivity contribution in [3.8, 4) is 0 Å². The maximum Gasteiger partial charge on any atom is 0.252 e. The van der Waals surface area contributed by atoms with E-state index in [2.05, 4.69) is 15.3 Å². The first kappa shape index (κ1) is 16.4. The highest BCUT2D eigenvalue weighted by Gasteiger charge is 2.06. The summed E-state index contributed by atoms with van der Waals surface area (Å²) in [7, 11) is 0. The Morgan fingerprint density at radius 2 is 2.04 bits per heavy atom. The molecule has 0 saturated heterocycles. The van der Waals surface area contributed by atoms with Crippen LogP contribution in [0.2, 0.25) is 0 Å². The number of fused-ring (bicyclic) bond motifs is 1. The SMILES string of the molecule is Cc1ccc2occ(/C=C/C(=O)Nc3cc(=O)[nH]c(C)n3)c(=O)c2c1. The number of hydrogen-bond donors (Lipinski definition) is 2. The molecule has 0 radical (unpaired) electrons. The summed E-state index contributed by atoms with van der Waals surface area (Å²) in [5.74, 6) is 0.00985. The Kier molecular flexibility index (Phi) is 4.30. The second kappa shape index (κ2) is 6.56. The molecule has 0 unspecified atom stereocenters. The quantitative estimate of drug-likeness (QED) is 0.713.